The predicted molar refractivity (Wildman–Crippen MR) is 144 cm³/mol. The third kappa shape index (κ3) is 4.99. The summed E-state index contributed by atoms with van der Waals surface area (Å²) in [6.07, 6.45) is 5.37. The topological polar surface area (TPSA) is 75.9 Å². The summed E-state index contributed by atoms with van der Waals surface area (Å²) in [6.45, 7) is 3.44. The van der Waals surface area contributed by atoms with Crippen molar-refractivity contribution in [3.63, 3.8) is 0 Å². The average Bonchev–Trinajstić information content (AvgIpc) is 3.45. The summed E-state index contributed by atoms with van der Waals surface area (Å²) in [7, 11) is 0. The standard InChI is InChI=1S/C25H23ClN4O3S2/c1-15-8-9-21-28-22(27-12-17-6-4-10-33-17)18(23(31)29(21)13-15)11-20-24(32)30(25(34)35-20)14-16-5-2-3-7-19(16)26/h2-3,5,7-9,11,13,17,27H,4,6,10,12,14H2,1H3/b20-11+. The van der Waals surface area contributed by atoms with Gasteiger partial charge >= 0.3 is 0 Å². The molecule has 0 saturated carbocycles. The first-order valence-corrected chi connectivity index (χ1v) is 12.9. The zero-order valence-corrected chi connectivity index (χ0v) is 21.4. The monoisotopic (exact) mass is 526 g/mol. The molecule has 10 heteroatoms. The van der Waals surface area contributed by atoms with E-state index in [1.165, 1.54) is 21.1 Å². The Morgan fingerprint density at radius 2 is 2.11 bits per heavy atom. The molecule has 180 valence electrons. The second-order valence-corrected chi connectivity index (χ2v) is 10.6. The second kappa shape index (κ2) is 10.1. The number of benzene rings is 1. The molecule has 1 N–H and O–H groups in total. The van der Waals surface area contributed by atoms with E-state index in [2.05, 4.69) is 10.3 Å². The number of thiocarbonyl (C=S) groups is 1. The maximum atomic E-state index is 13.5. The minimum Gasteiger partial charge on any atom is -0.376 e. The number of carbonyl (C=O) groups is 1. The van der Waals surface area contributed by atoms with Gasteiger partial charge in [0.25, 0.3) is 11.5 Å². The lowest BCUT2D eigenvalue weighted by atomic mass is 10.2. The number of hydrogen-bond donors (Lipinski definition) is 1. The lowest BCUT2D eigenvalue weighted by Crippen LogP contribution is -2.28. The Bertz CT molecular complexity index is 1420. The molecule has 2 aliphatic rings. The number of ether oxygens (including phenoxy) is 1. The Hall–Kier alpha value is -2.72. The highest BCUT2D eigenvalue weighted by atomic mass is 35.5. The first-order valence-electron chi connectivity index (χ1n) is 11.3. The lowest BCUT2D eigenvalue weighted by molar-refractivity contribution is -0.122. The van der Waals surface area contributed by atoms with Gasteiger partial charge in [-0.05, 0) is 49.1 Å². The molecule has 2 aromatic heterocycles. The van der Waals surface area contributed by atoms with Gasteiger partial charge in [-0.1, -0.05) is 59.8 Å². The Kier molecular flexibility index (Phi) is 6.93. The number of amides is 1. The van der Waals surface area contributed by atoms with Gasteiger partial charge in [-0.15, -0.1) is 0 Å². The average molecular weight is 527 g/mol. The van der Waals surface area contributed by atoms with Crippen LogP contribution >= 0.6 is 35.6 Å². The molecule has 0 spiro atoms. The molecule has 2 saturated heterocycles. The summed E-state index contributed by atoms with van der Waals surface area (Å²) in [6, 6.07) is 11.1. The number of nitrogens with one attached hydrogen (secondary N) is 1. The van der Waals surface area contributed by atoms with Crippen molar-refractivity contribution in [3.8, 4) is 0 Å². The van der Waals surface area contributed by atoms with Crippen molar-refractivity contribution in [2.75, 3.05) is 18.5 Å². The first-order chi connectivity index (χ1) is 16.9. The molecular weight excluding hydrogens is 504 g/mol. The van der Waals surface area contributed by atoms with E-state index in [1.54, 1.807) is 24.4 Å². The highest BCUT2D eigenvalue weighted by Crippen LogP contribution is 2.35. The van der Waals surface area contributed by atoms with E-state index >= 15 is 0 Å². The zero-order chi connectivity index (χ0) is 24.5. The molecule has 2 fully saturated rings. The molecule has 1 amide bonds. The quantitative estimate of drug-likeness (QED) is 0.370. The van der Waals surface area contributed by atoms with Gasteiger partial charge in [0, 0.05) is 24.4 Å². The number of hydrogen-bond acceptors (Lipinski definition) is 7. The molecule has 1 aromatic carbocycles. The van der Waals surface area contributed by atoms with Gasteiger partial charge in [-0.25, -0.2) is 4.98 Å². The van der Waals surface area contributed by atoms with Crippen LogP contribution in [-0.2, 0) is 16.1 Å². The molecule has 0 bridgehead atoms. The summed E-state index contributed by atoms with van der Waals surface area (Å²) in [5.41, 5.74) is 2.31. The number of carbonyl (C=O) groups excluding carboxylic acids is 1. The van der Waals surface area contributed by atoms with Crippen LogP contribution in [0.3, 0.4) is 0 Å². The van der Waals surface area contributed by atoms with Crippen LogP contribution in [0.4, 0.5) is 5.82 Å². The fraction of sp³-hybridized carbons (Fsp3) is 0.280. The van der Waals surface area contributed by atoms with Crippen LogP contribution in [0.25, 0.3) is 11.7 Å². The Labute approximate surface area is 217 Å². The number of fused-ring (bicyclic) bond motifs is 1. The number of aromatic nitrogens is 2. The van der Waals surface area contributed by atoms with E-state index in [-0.39, 0.29) is 24.1 Å². The Morgan fingerprint density at radius 3 is 2.89 bits per heavy atom. The maximum absolute atomic E-state index is 13.5. The second-order valence-electron chi connectivity index (χ2n) is 8.49. The highest BCUT2D eigenvalue weighted by molar-refractivity contribution is 8.26. The third-order valence-electron chi connectivity index (χ3n) is 5.96. The van der Waals surface area contributed by atoms with Gasteiger partial charge in [0.2, 0.25) is 0 Å². The molecule has 0 radical (unpaired) electrons. The normalized spacial score (nSPS) is 19.3. The number of pyridine rings is 1. The van der Waals surface area contributed by atoms with Crippen molar-refractivity contribution >= 4 is 63.3 Å². The fourth-order valence-electron chi connectivity index (χ4n) is 4.10. The molecule has 7 nitrogen and oxygen atoms in total. The highest BCUT2D eigenvalue weighted by Gasteiger charge is 2.33. The van der Waals surface area contributed by atoms with Crippen LogP contribution in [0, 0.1) is 6.92 Å². The van der Waals surface area contributed by atoms with Crippen molar-refractivity contribution in [3.05, 3.63) is 79.6 Å². The van der Waals surface area contributed by atoms with Crippen molar-refractivity contribution < 1.29 is 9.53 Å². The molecular formula is C25H23ClN4O3S2. The van der Waals surface area contributed by atoms with Crippen LogP contribution in [0.5, 0.6) is 0 Å². The van der Waals surface area contributed by atoms with Gasteiger partial charge in [0.05, 0.1) is 23.1 Å². The largest absolute Gasteiger partial charge is 0.376 e. The number of anilines is 1. The molecule has 5 rings (SSSR count). The zero-order valence-electron chi connectivity index (χ0n) is 19.0. The van der Waals surface area contributed by atoms with E-state index in [9.17, 15) is 9.59 Å². The van der Waals surface area contributed by atoms with Crippen LogP contribution in [-0.4, -0.2) is 43.8 Å². The van der Waals surface area contributed by atoms with E-state index in [0.717, 1.165) is 30.6 Å². The fourth-order valence-corrected chi connectivity index (χ4v) is 5.54. The number of thioether (sulfide) groups is 1. The summed E-state index contributed by atoms with van der Waals surface area (Å²) >= 11 is 12.9. The van der Waals surface area contributed by atoms with Crippen LogP contribution < -0.4 is 10.9 Å². The van der Waals surface area contributed by atoms with Crippen LogP contribution in [0.15, 0.2) is 52.3 Å². The predicted octanol–water partition coefficient (Wildman–Crippen LogP) is 4.65. The van der Waals surface area contributed by atoms with E-state index in [4.69, 9.17) is 28.6 Å². The van der Waals surface area contributed by atoms with Gasteiger partial charge in [-0.2, -0.15) is 0 Å². The van der Waals surface area contributed by atoms with Gasteiger partial charge in [-0.3, -0.25) is 18.9 Å². The van der Waals surface area contributed by atoms with Gasteiger partial charge < -0.3 is 10.1 Å². The number of aryl methyl sites for hydroxylation is 1. The lowest BCUT2D eigenvalue weighted by Gasteiger charge is -2.15. The molecule has 3 aromatic rings. The smallest absolute Gasteiger partial charge is 0.267 e. The SMILES string of the molecule is Cc1ccc2nc(NCC3CCCO3)c(/C=C3/SC(=S)N(Cc4ccccc4Cl)C3=O)c(=O)n2c1. The Balaban J connectivity index is 1.51. The summed E-state index contributed by atoms with van der Waals surface area (Å²) in [5.74, 6) is 0.157. The van der Waals surface area contributed by atoms with E-state index in [0.29, 0.717) is 37.8 Å². The van der Waals surface area contributed by atoms with E-state index < -0.39 is 0 Å². The van der Waals surface area contributed by atoms with Gasteiger partial charge in [0.15, 0.2) is 0 Å². The number of halogens is 1. The molecule has 0 aliphatic carbocycles. The third-order valence-corrected chi connectivity index (χ3v) is 7.71. The minimum atomic E-state index is -0.265. The van der Waals surface area contributed by atoms with Gasteiger partial charge in [0.1, 0.15) is 15.8 Å². The molecule has 35 heavy (non-hydrogen) atoms. The van der Waals surface area contributed by atoms with Crippen molar-refractivity contribution in [1.82, 2.24) is 14.3 Å². The van der Waals surface area contributed by atoms with E-state index in [1.807, 2.05) is 31.2 Å². The van der Waals surface area contributed by atoms with Crippen molar-refractivity contribution in [2.45, 2.75) is 32.4 Å². The molecule has 1 unspecified atom stereocenters. The summed E-state index contributed by atoms with van der Waals surface area (Å²) < 4.78 is 7.63. The maximum Gasteiger partial charge on any atom is 0.267 e. The Morgan fingerprint density at radius 1 is 1.29 bits per heavy atom. The summed E-state index contributed by atoms with van der Waals surface area (Å²) in [4.78, 5) is 33.4. The molecule has 1 atom stereocenters. The van der Waals surface area contributed by atoms with Crippen LogP contribution in [0.1, 0.15) is 29.5 Å². The molecule has 4 heterocycles. The molecule has 2 aliphatic heterocycles. The van der Waals surface area contributed by atoms with Crippen molar-refractivity contribution in [2.24, 2.45) is 0 Å². The first kappa shape index (κ1) is 24.0. The number of rotatable bonds is 6. The summed E-state index contributed by atoms with van der Waals surface area (Å²) in [5, 5.41) is 3.85. The van der Waals surface area contributed by atoms with Crippen LogP contribution in [0.2, 0.25) is 5.02 Å². The van der Waals surface area contributed by atoms with Crippen molar-refractivity contribution in [1.29, 1.82) is 0 Å². The number of nitrogens with zero attached hydrogens (tertiary/aromatic N) is 3. The minimum absolute atomic E-state index is 0.0648.